The lowest BCUT2D eigenvalue weighted by Crippen LogP contribution is -2.54. The largest absolute Gasteiger partial charge is 0.361 e. The number of aromatic nitrogens is 1. The van der Waals surface area contributed by atoms with Crippen LogP contribution in [0.1, 0.15) is 41.0 Å². The number of nitrogens with zero attached hydrogens (tertiary/aromatic N) is 2. The lowest BCUT2D eigenvalue weighted by Gasteiger charge is -2.30. The highest BCUT2D eigenvalue weighted by atomic mass is 16.2. The van der Waals surface area contributed by atoms with Gasteiger partial charge in [0.2, 0.25) is 5.91 Å². The van der Waals surface area contributed by atoms with Gasteiger partial charge in [-0.05, 0) is 48.1 Å². The number of carbonyl (C=O) groups is 4. The lowest BCUT2D eigenvalue weighted by atomic mass is 10.0. The van der Waals surface area contributed by atoms with E-state index < -0.39 is 12.1 Å². The number of ketones is 1. The van der Waals surface area contributed by atoms with Crippen molar-refractivity contribution in [2.45, 2.75) is 38.4 Å². The van der Waals surface area contributed by atoms with E-state index >= 15 is 0 Å². The maximum Gasteiger partial charge on any atom is 0.254 e. The van der Waals surface area contributed by atoms with E-state index in [-0.39, 0.29) is 42.0 Å². The molecule has 0 radical (unpaired) electrons. The predicted octanol–water partition coefficient (Wildman–Crippen LogP) is 2.62. The molecule has 2 fully saturated rings. The third kappa shape index (κ3) is 4.09. The Bertz CT molecular complexity index is 1300. The molecule has 1 aromatic heterocycles. The van der Waals surface area contributed by atoms with Crippen LogP contribution in [0.2, 0.25) is 0 Å². The average molecular weight is 473 g/mol. The molecule has 3 atom stereocenters. The lowest BCUT2D eigenvalue weighted by molar-refractivity contribution is -0.138. The first kappa shape index (κ1) is 22.8. The van der Waals surface area contributed by atoms with E-state index in [9.17, 15) is 19.2 Å². The van der Waals surface area contributed by atoms with Crippen LogP contribution in [0, 0.1) is 5.92 Å². The summed E-state index contributed by atoms with van der Waals surface area (Å²) in [5.74, 6) is -1.16. The Morgan fingerprint density at radius 2 is 1.77 bits per heavy atom. The van der Waals surface area contributed by atoms with Crippen molar-refractivity contribution in [3.8, 4) is 0 Å². The monoisotopic (exact) mass is 472 g/mol. The fourth-order valence-corrected chi connectivity index (χ4v) is 5.19. The second-order valence-corrected chi connectivity index (χ2v) is 9.57. The van der Waals surface area contributed by atoms with Crippen LogP contribution in [0.25, 0.3) is 10.9 Å². The topological polar surface area (TPSA) is 103 Å². The molecular weight excluding hydrogens is 444 g/mol. The molecule has 2 aromatic carbocycles. The number of nitrogens with one attached hydrogen (secondary N) is 2. The molecule has 8 heteroatoms. The SMILES string of the molecule is CC(C)C(NC(=O)c1ccc2cc[nH]c2c1)C(=O)N1CC[C@@H]2[C@H]1C(=O)CN2C(=O)c1ccccc1. The van der Waals surface area contributed by atoms with Gasteiger partial charge < -0.3 is 20.1 Å². The smallest absolute Gasteiger partial charge is 0.254 e. The molecule has 35 heavy (non-hydrogen) atoms. The van der Waals surface area contributed by atoms with Gasteiger partial charge in [-0.15, -0.1) is 0 Å². The van der Waals surface area contributed by atoms with E-state index in [0.717, 1.165) is 10.9 Å². The Labute approximate surface area is 203 Å². The predicted molar refractivity (Wildman–Crippen MR) is 131 cm³/mol. The summed E-state index contributed by atoms with van der Waals surface area (Å²) in [6, 6.07) is 14.3. The van der Waals surface area contributed by atoms with Gasteiger partial charge in [0.25, 0.3) is 11.8 Å². The summed E-state index contributed by atoms with van der Waals surface area (Å²) in [6.45, 7) is 4.09. The second kappa shape index (κ2) is 9.02. The summed E-state index contributed by atoms with van der Waals surface area (Å²) in [5.41, 5.74) is 1.82. The van der Waals surface area contributed by atoms with Gasteiger partial charge in [0.1, 0.15) is 12.1 Å². The molecule has 3 aromatic rings. The van der Waals surface area contributed by atoms with Crippen LogP contribution in [-0.4, -0.2) is 69.5 Å². The zero-order valence-electron chi connectivity index (χ0n) is 19.7. The third-order valence-corrected chi connectivity index (χ3v) is 7.02. The highest BCUT2D eigenvalue weighted by Gasteiger charge is 2.52. The molecule has 2 aliphatic rings. The van der Waals surface area contributed by atoms with Crippen molar-refractivity contribution >= 4 is 34.4 Å². The normalized spacial score (nSPS) is 20.4. The molecule has 1 unspecified atom stereocenters. The first-order valence-corrected chi connectivity index (χ1v) is 11.9. The minimum absolute atomic E-state index is 0.0122. The van der Waals surface area contributed by atoms with Crippen LogP contribution in [-0.2, 0) is 9.59 Å². The number of fused-ring (bicyclic) bond motifs is 2. The maximum absolute atomic E-state index is 13.6. The molecular formula is C27H28N4O4. The summed E-state index contributed by atoms with van der Waals surface area (Å²) >= 11 is 0. The first-order chi connectivity index (χ1) is 16.8. The quantitative estimate of drug-likeness (QED) is 0.596. The number of benzene rings is 2. The Morgan fingerprint density at radius 1 is 1.00 bits per heavy atom. The van der Waals surface area contributed by atoms with Crippen molar-refractivity contribution in [1.82, 2.24) is 20.1 Å². The maximum atomic E-state index is 13.6. The summed E-state index contributed by atoms with van der Waals surface area (Å²) in [6.07, 6.45) is 2.34. The van der Waals surface area contributed by atoms with Gasteiger partial charge in [-0.25, -0.2) is 0 Å². The van der Waals surface area contributed by atoms with E-state index in [1.54, 1.807) is 52.4 Å². The number of rotatable bonds is 5. The van der Waals surface area contributed by atoms with E-state index in [0.29, 0.717) is 24.1 Å². The Morgan fingerprint density at radius 3 is 2.51 bits per heavy atom. The van der Waals surface area contributed by atoms with Gasteiger partial charge >= 0.3 is 0 Å². The van der Waals surface area contributed by atoms with Crippen molar-refractivity contribution < 1.29 is 19.2 Å². The van der Waals surface area contributed by atoms with E-state index in [1.807, 2.05) is 32.0 Å². The molecule has 0 bridgehead atoms. The third-order valence-electron chi connectivity index (χ3n) is 7.02. The van der Waals surface area contributed by atoms with Crippen LogP contribution >= 0.6 is 0 Å². The molecule has 2 saturated heterocycles. The second-order valence-electron chi connectivity index (χ2n) is 9.57. The highest BCUT2D eigenvalue weighted by Crippen LogP contribution is 2.32. The Kier molecular flexibility index (Phi) is 5.88. The number of Topliss-reactive ketones (excluding diaryl/α,β-unsaturated/α-hetero) is 1. The Hall–Kier alpha value is -3.94. The van der Waals surface area contributed by atoms with Gasteiger partial charge in [0, 0.05) is 29.4 Å². The van der Waals surface area contributed by atoms with Crippen LogP contribution in [0.5, 0.6) is 0 Å². The number of hydrogen-bond donors (Lipinski definition) is 2. The fraction of sp³-hybridized carbons (Fsp3) is 0.333. The zero-order chi connectivity index (χ0) is 24.7. The van der Waals surface area contributed by atoms with E-state index in [1.165, 1.54) is 0 Å². The highest BCUT2D eigenvalue weighted by molar-refractivity contribution is 6.04. The molecule has 180 valence electrons. The van der Waals surface area contributed by atoms with Crippen molar-refractivity contribution in [2.24, 2.45) is 5.92 Å². The van der Waals surface area contributed by atoms with Crippen molar-refractivity contribution in [3.05, 3.63) is 71.9 Å². The van der Waals surface area contributed by atoms with E-state index in [4.69, 9.17) is 0 Å². The zero-order valence-corrected chi connectivity index (χ0v) is 19.7. The fourth-order valence-electron chi connectivity index (χ4n) is 5.19. The number of carbonyl (C=O) groups excluding carboxylic acids is 4. The minimum atomic E-state index is -0.785. The summed E-state index contributed by atoms with van der Waals surface area (Å²) < 4.78 is 0. The standard InChI is InChI=1S/C27H28N4O4/c1-16(2)23(29-25(33)19-9-8-17-10-12-28-20(17)14-19)27(35)30-13-11-21-24(30)22(32)15-31(21)26(34)18-6-4-3-5-7-18/h3-10,12,14,16,21,23-24,28H,11,13,15H2,1-2H3,(H,29,33)/t21-,23?,24+/m1/s1. The number of aromatic amines is 1. The van der Waals surface area contributed by atoms with Gasteiger partial charge in [-0.1, -0.05) is 38.1 Å². The number of amides is 3. The number of H-pyrrole nitrogens is 1. The van der Waals surface area contributed by atoms with Gasteiger partial charge in [0.05, 0.1) is 12.6 Å². The Balaban J connectivity index is 1.33. The van der Waals surface area contributed by atoms with Crippen LogP contribution in [0.3, 0.4) is 0 Å². The van der Waals surface area contributed by atoms with E-state index in [2.05, 4.69) is 10.3 Å². The van der Waals surface area contributed by atoms with Crippen molar-refractivity contribution in [1.29, 1.82) is 0 Å². The molecule has 2 aliphatic heterocycles. The number of hydrogen-bond acceptors (Lipinski definition) is 4. The van der Waals surface area contributed by atoms with Crippen molar-refractivity contribution in [2.75, 3.05) is 13.1 Å². The molecule has 3 amide bonds. The van der Waals surface area contributed by atoms with Crippen LogP contribution < -0.4 is 5.32 Å². The summed E-state index contributed by atoms with van der Waals surface area (Å²) in [7, 11) is 0. The molecule has 8 nitrogen and oxygen atoms in total. The van der Waals surface area contributed by atoms with Crippen molar-refractivity contribution in [3.63, 3.8) is 0 Å². The molecule has 2 N–H and O–H groups in total. The first-order valence-electron chi connectivity index (χ1n) is 11.9. The van der Waals surface area contributed by atoms with Gasteiger partial charge in [-0.2, -0.15) is 0 Å². The molecule has 3 heterocycles. The average Bonchev–Trinajstić information content (AvgIpc) is 3.58. The molecule has 0 aliphatic carbocycles. The summed E-state index contributed by atoms with van der Waals surface area (Å²) in [4.78, 5) is 58.9. The van der Waals surface area contributed by atoms with Gasteiger partial charge in [-0.3, -0.25) is 19.2 Å². The number of likely N-dealkylation sites (tertiary alicyclic amines) is 2. The molecule has 5 rings (SSSR count). The van der Waals surface area contributed by atoms with Crippen LogP contribution in [0.15, 0.2) is 60.8 Å². The molecule has 0 spiro atoms. The minimum Gasteiger partial charge on any atom is -0.361 e. The van der Waals surface area contributed by atoms with Gasteiger partial charge in [0.15, 0.2) is 5.78 Å². The summed E-state index contributed by atoms with van der Waals surface area (Å²) in [5, 5.41) is 3.88. The molecule has 0 saturated carbocycles. The van der Waals surface area contributed by atoms with Crippen LogP contribution in [0.4, 0.5) is 0 Å².